The van der Waals surface area contributed by atoms with Gasteiger partial charge in [-0.2, -0.15) is 0 Å². The lowest BCUT2D eigenvalue weighted by Gasteiger charge is -2.34. The van der Waals surface area contributed by atoms with Crippen LogP contribution >= 0.6 is 11.3 Å². The number of carbonyl (C=O) groups excluding carboxylic acids is 2. The molecule has 0 amide bonds. The molecule has 0 aliphatic carbocycles. The van der Waals surface area contributed by atoms with Crippen molar-refractivity contribution in [1.82, 2.24) is 4.98 Å². The minimum atomic E-state index is -1.21. The molecule has 0 saturated carbocycles. The van der Waals surface area contributed by atoms with Crippen LogP contribution in [0.2, 0.25) is 0 Å². The number of ketones is 1. The van der Waals surface area contributed by atoms with Crippen molar-refractivity contribution in [3.8, 4) is 0 Å². The van der Waals surface area contributed by atoms with Crippen LogP contribution < -0.4 is 0 Å². The minimum absolute atomic E-state index is 0.0444. The van der Waals surface area contributed by atoms with E-state index in [1.165, 1.54) is 5.57 Å². The van der Waals surface area contributed by atoms with E-state index in [1.54, 1.807) is 32.1 Å². The smallest absolute Gasteiger partial charge is 0.309 e. The van der Waals surface area contributed by atoms with Gasteiger partial charge in [0.25, 0.3) is 0 Å². The van der Waals surface area contributed by atoms with Gasteiger partial charge in [0.1, 0.15) is 11.9 Å². The number of aryl methyl sites for hydroxylation is 1. The molecule has 1 aliphatic heterocycles. The van der Waals surface area contributed by atoms with Crippen LogP contribution in [0.1, 0.15) is 84.3 Å². The Hall–Kier alpha value is -1.83. The van der Waals surface area contributed by atoms with Crippen LogP contribution in [0.5, 0.6) is 0 Å². The normalized spacial score (nSPS) is 30.6. The summed E-state index contributed by atoms with van der Waals surface area (Å²) in [6.07, 6.45) is 4.33. The molecule has 1 aromatic rings. The van der Waals surface area contributed by atoms with E-state index in [-0.39, 0.29) is 18.1 Å². The van der Waals surface area contributed by atoms with E-state index in [2.05, 4.69) is 18.0 Å². The summed E-state index contributed by atoms with van der Waals surface area (Å²) in [7, 11) is 0. The average molecular weight is 492 g/mol. The number of hydrogen-bond donors (Lipinski definition) is 2. The molecule has 0 spiro atoms. The summed E-state index contributed by atoms with van der Waals surface area (Å²) in [5, 5.41) is 24.5. The Morgan fingerprint density at radius 3 is 2.53 bits per heavy atom. The highest BCUT2D eigenvalue weighted by Crippen LogP contribution is 2.32. The fourth-order valence-corrected chi connectivity index (χ4v) is 4.97. The van der Waals surface area contributed by atoms with Crippen LogP contribution in [0.4, 0.5) is 0 Å². The zero-order valence-corrected chi connectivity index (χ0v) is 22.4. The van der Waals surface area contributed by atoms with Gasteiger partial charge in [-0.3, -0.25) is 9.59 Å². The first-order chi connectivity index (χ1) is 15.8. The quantitative estimate of drug-likeness (QED) is 0.432. The van der Waals surface area contributed by atoms with Crippen LogP contribution in [-0.2, 0) is 14.3 Å². The first-order valence-corrected chi connectivity index (χ1v) is 13.1. The van der Waals surface area contributed by atoms with Gasteiger partial charge in [0, 0.05) is 17.7 Å². The number of carbonyl (C=O) groups is 2. The maximum absolute atomic E-state index is 13.2. The Bertz CT molecular complexity index is 916. The predicted molar refractivity (Wildman–Crippen MR) is 136 cm³/mol. The second-order valence-electron chi connectivity index (χ2n) is 10.4. The van der Waals surface area contributed by atoms with E-state index in [9.17, 15) is 19.8 Å². The van der Waals surface area contributed by atoms with Crippen molar-refractivity contribution in [2.24, 2.45) is 17.3 Å². The van der Waals surface area contributed by atoms with Crippen LogP contribution in [0.25, 0.3) is 6.08 Å². The summed E-state index contributed by atoms with van der Waals surface area (Å²) >= 11 is 1.56. The SMILES string of the molecule is CC1=CCC(C(C)=Cc2csc(C)n2)OC(=O)C[C@H](O)C(C)(C)C(=O)[C@H](C)C(O)[C@@H](C)CCC1. The third kappa shape index (κ3) is 7.59. The van der Waals surface area contributed by atoms with Crippen molar-refractivity contribution in [2.75, 3.05) is 0 Å². The van der Waals surface area contributed by atoms with Crippen molar-refractivity contribution in [2.45, 2.75) is 98.9 Å². The molecule has 0 bridgehead atoms. The highest BCUT2D eigenvalue weighted by atomic mass is 32.1. The average Bonchev–Trinajstić information content (AvgIpc) is 3.18. The highest BCUT2D eigenvalue weighted by molar-refractivity contribution is 7.09. The molecule has 34 heavy (non-hydrogen) atoms. The topological polar surface area (TPSA) is 96.7 Å². The molecular weight excluding hydrogens is 450 g/mol. The number of ether oxygens (including phenoxy) is 1. The second kappa shape index (κ2) is 12.2. The van der Waals surface area contributed by atoms with Crippen LogP contribution in [0.15, 0.2) is 22.6 Å². The molecule has 2 N–H and O–H groups in total. The number of nitrogens with zero attached hydrogens (tertiary/aromatic N) is 1. The fourth-order valence-electron chi connectivity index (χ4n) is 4.40. The molecule has 2 rings (SSSR count). The van der Waals surface area contributed by atoms with Crippen molar-refractivity contribution in [3.63, 3.8) is 0 Å². The van der Waals surface area contributed by atoms with E-state index < -0.39 is 35.6 Å². The standard InChI is InChI=1S/C27H41NO5S/c1-16-9-8-10-17(2)25(31)19(4)26(32)27(6,7)23(29)14-24(30)33-22(12-11-16)18(3)13-21-15-34-20(5)28-21/h11,13,15,17,19,22-23,25,29,31H,8-10,12,14H2,1-7H3/t17-,19+,22?,23-,25?/m0/s1. The Morgan fingerprint density at radius 2 is 1.91 bits per heavy atom. The second-order valence-corrected chi connectivity index (χ2v) is 11.5. The Balaban J connectivity index is 2.33. The summed E-state index contributed by atoms with van der Waals surface area (Å²) in [4.78, 5) is 30.5. The third-order valence-corrected chi connectivity index (χ3v) is 7.83. The highest BCUT2D eigenvalue weighted by Gasteiger charge is 2.42. The van der Waals surface area contributed by atoms with Crippen LogP contribution in [0.3, 0.4) is 0 Å². The van der Waals surface area contributed by atoms with E-state index in [4.69, 9.17) is 4.74 Å². The molecule has 5 atom stereocenters. The summed E-state index contributed by atoms with van der Waals surface area (Å²) in [5.74, 6) is -1.49. The largest absolute Gasteiger partial charge is 0.457 e. The summed E-state index contributed by atoms with van der Waals surface area (Å²) in [6, 6.07) is 0. The summed E-state index contributed by atoms with van der Waals surface area (Å²) in [6.45, 7) is 12.8. The van der Waals surface area contributed by atoms with Gasteiger partial charge in [-0.05, 0) is 57.6 Å². The van der Waals surface area contributed by atoms with Gasteiger partial charge in [0.15, 0.2) is 0 Å². The van der Waals surface area contributed by atoms with E-state index in [1.807, 2.05) is 32.2 Å². The van der Waals surface area contributed by atoms with Gasteiger partial charge in [-0.25, -0.2) is 4.98 Å². The number of Topliss-reactive ketones (excluding diaryl/α,β-unsaturated/α-hetero) is 1. The predicted octanol–water partition coefficient (Wildman–Crippen LogP) is 5.27. The van der Waals surface area contributed by atoms with Gasteiger partial charge in [-0.1, -0.05) is 39.3 Å². The molecule has 2 heterocycles. The first-order valence-electron chi connectivity index (χ1n) is 12.2. The van der Waals surface area contributed by atoms with Crippen molar-refractivity contribution in [3.05, 3.63) is 33.3 Å². The number of thiazole rings is 1. The molecule has 2 unspecified atom stereocenters. The molecule has 6 nitrogen and oxygen atoms in total. The number of cyclic esters (lactones) is 1. The number of aliphatic hydroxyl groups is 2. The monoisotopic (exact) mass is 491 g/mol. The Morgan fingerprint density at radius 1 is 1.24 bits per heavy atom. The van der Waals surface area contributed by atoms with Gasteiger partial charge < -0.3 is 14.9 Å². The number of hydrogen-bond acceptors (Lipinski definition) is 7. The lowest BCUT2D eigenvalue weighted by Crippen LogP contribution is -2.45. The Kier molecular flexibility index (Phi) is 10.2. The fraction of sp³-hybridized carbons (Fsp3) is 0.667. The molecule has 190 valence electrons. The van der Waals surface area contributed by atoms with E-state index >= 15 is 0 Å². The maximum atomic E-state index is 13.2. The van der Waals surface area contributed by atoms with Gasteiger partial charge in [0.05, 0.1) is 34.7 Å². The first kappa shape index (κ1) is 28.4. The number of esters is 1. The lowest BCUT2D eigenvalue weighted by atomic mass is 9.73. The number of allylic oxidation sites excluding steroid dienone is 1. The zero-order chi connectivity index (χ0) is 25.6. The van der Waals surface area contributed by atoms with Crippen molar-refractivity contribution < 1.29 is 24.5 Å². The number of aromatic nitrogens is 1. The van der Waals surface area contributed by atoms with Crippen molar-refractivity contribution in [1.29, 1.82) is 0 Å². The van der Waals surface area contributed by atoms with Gasteiger partial charge in [-0.15, -0.1) is 11.3 Å². The number of aliphatic hydroxyl groups excluding tert-OH is 2. The lowest BCUT2D eigenvalue weighted by molar-refractivity contribution is -0.154. The summed E-state index contributed by atoms with van der Waals surface area (Å²) in [5.41, 5.74) is 1.71. The van der Waals surface area contributed by atoms with Crippen LogP contribution in [-0.4, -0.2) is 45.3 Å². The van der Waals surface area contributed by atoms with Gasteiger partial charge >= 0.3 is 5.97 Å². The minimum Gasteiger partial charge on any atom is -0.457 e. The molecule has 0 radical (unpaired) electrons. The Labute approximate surface area is 208 Å². The maximum Gasteiger partial charge on any atom is 0.309 e. The zero-order valence-electron chi connectivity index (χ0n) is 21.6. The summed E-state index contributed by atoms with van der Waals surface area (Å²) < 4.78 is 5.81. The molecule has 0 fully saturated rings. The van der Waals surface area contributed by atoms with Crippen LogP contribution in [0, 0.1) is 24.2 Å². The van der Waals surface area contributed by atoms with E-state index in [0.717, 1.165) is 35.5 Å². The van der Waals surface area contributed by atoms with E-state index in [0.29, 0.717) is 6.42 Å². The molecule has 0 aromatic carbocycles. The van der Waals surface area contributed by atoms with Crippen molar-refractivity contribution >= 4 is 29.2 Å². The molecule has 7 heteroatoms. The van der Waals surface area contributed by atoms with Gasteiger partial charge in [0.2, 0.25) is 0 Å². The molecular formula is C27H41NO5S. The third-order valence-electron chi connectivity index (χ3n) is 7.04. The number of rotatable bonds is 2. The molecule has 1 aliphatic rings. The molecule has 1 aromatic heterocycles. The molecule has 0 saturated heterocycles.